The van der Waals surface area contributed by atoms with Gasteiger partial charge >= 0.3 is 0 Å². The highest BCUT2D eigenvalue weighted by molar-refractivity contribution is 5.00. The van der Waals surface area contributed by atoms with E-state index in [-0.39, 0.29) is 24.4 Å². The molecule has 26 heavy (non-hydrogen) atoms. The van der Waals surface area contributed by atoms with Crippen molar-refractivity contribution >= 4 is 0 Å². The van der Waals surface area contributed by atoms with Gasteiger partial charge in [-0.3, -0.25) is 0 Å². The third-order valence-corrected chi connectivity index (χ3v) is 5.02. The summed E-state index contributed by atoms with van der Waals surface area (Å²) < 4.78 is 30.3. The van der Waals surface area contributed by atoms with Crippen LogP contribution in [0.5, 0.6) is 0 Å². The van der Waals surface area contributed by atoms with Gasteiger partial charge in [-0.15, -0.1) is 12.3 Å². The lowest BCUT2D eigenvalue weighted by Gasteiger charge is -2.37. The molecule has 3 fully saturated rings. The molecule has 0 aromatic heterocycles. The fraction of sp³-hybridized carbons (Fsp3) is 0.900. The molecule has 1 unspecified atom stereocenters. The number of fused-ring (bicyclic) bond motifs is 3. The van der Waals surface area contributed by atoms with Gasteiger partial charge < -0.3 is 29.0 Å². The molecule has 0 aromatic rings. The van der Waals surface area contributed by atoms with Crippen molar-refractivity contribution in [3.8, 4) is 12.3 Å². The molecule has 3 aliphatic rings. The molecule has 1 N–H and O–H groups in total. The summed E-state index contributed by atoms with van der Waals surface area (Å²) in [5.41, 5.74) is 0. The van der Waals surface area contributed by atoms with Crippen molar-refractivity contribution in [2.75, 3.05) is 13.1 Å². The highest BCUT2D eigenvalue weighted by atomic mass is 16.9. The second kappa shape index (κ2) is 8.14. The van der Waals surface area contributed by atoms with Crippen LogP contribution in [0, 0.1) is 12.3 Å². The first-order valence-electron chi connectivity index (χ1n) is 9.82. The Balaban J connectivity index is 1.49. The van der Waals surface area contributed by atoms with E-state index in [1.54, 1.807) is 0 Å². The van der Waals surface area contributed by atoms with Crippen molar-refractivity contribution in [3.63, 3.8) is 0 Å². The third-order valence-electron chi connectivity index (χ3n) is 5.02. The minimum atomic E-state index is -0.670. The maximum Gasteiger partial charge on any atom is 0.190 e. The van der Waals surface area contributed by atoms with Gasteiger partial charge in [0.1, 0.15) is 24.4 Å². The standard InChI is InChI=1S/C20H33NO5/c1-6-7-8-9-10-11-12-21-13-14-15-16(24-19(2,3)23-15)17-18(22-14)26-20(4,5)25-17/h1,14-18,21H,7-13H2,2-5H3/t14?,15-,16-,17+,18+/m0/s1. The monoisotopic (exact) mass is 367 g/mol. The topological polar surface area (TPSA) is 58.2 Å². The molecule has 148 valence electrons. The van der Waals surface area contributed by atoms with E-state index in [1.807, 2.05) is 27.7 Å². The van der Waals surface area contributed by atoms with Crippen LogP contribution >= 0.6 is 0 Å². The van der Waals surface area contributed by atoms with Crippen LogP contribution in [-0.4, -0.2) is 55.4 Å². The van der Waals surface area contributed by atoms with E-state index in [0.717, 1.165) is 25.8 Å². The van der Waals surface area contributed by atoms with Crippen LogP contribution in [0.15, 0.2) is 0 Å². The van der Waals surface area contributed by atoms with E-state index in [1.165, 1.54) is 12.8 Å². The molecule has 0 aliphatic carbocycles. The molecule has 0 saturated carbocycles. The number of hydrogen-bond acceptors (Lipinski definition) is 6. The molecule has 0 aromatic carbocycles. The average molecular weight is 367 g/mol. The van der Waals surface area contributed by atoms with Crippen molar-refractivity contribution in [2.45, 2.75) is 102 Å². The second-order valence-electron chi connectivity index (χ2n) is 8.28. The molecule has 3 saturated heterocycles. The summed E-state index contributed by atoms with van der Waals surface area (Å²) >= 11 is 0. The van der Waals surface area contributed by atoms with E-state index in [9.17, 15) is 0 Å². The lowest BCUT2D eigenvalue weighted by Crippen LogP contribution is -2.57. The molecule has 0 bridgehead atoms. The highest BCUT2D eigenvalue weighted by Gasteiger charge is 2.60. The summed E-state index contributed by atoms with van der Waals surface area (Å²) in [7, 11) is 0. The lowest BCUT2D eigenvalue weighted by atomic mass is 9.99. The van der Waals surface area contributed by atoms with Gasteiger partial charge in [-0.1, -0.05) is 12.8 Å². The van der Waals surface area contributed by atoms with Crippen molar-refractivity contribution < 1.29 is 23.7 Å². The minimum absolute atomic E-state index is 0.123. The van der Waals surface area contributed by atoms with Crippen LogP contribution in [0.2, 0.25) is 0 Å². The summed E-state index contributed by atoms with van der Waals surface area (Å²) in [5, 5.41) is 3.49. The third kappa shape index (κ3) is 4.78. The Labute approximate surface area is 157 Å². The molecular formula is C20H33NO5. The van der Waals surface area contributed by atoms with Gasteiger partial charge in [0.2, 0.25) is 0 Å². The lowest BCUT2D eigenvalue weighted by molar-refractivity contribution is -0.232. The van der Waals surface area contributed by atoms with Gasteiger partial charge in [-0.05, 0) is 47.1 Å². The number of hydrogen-bond donors (Lipinski definition) is 1. The summed E-state index contributed by atoms with van der Waals surface area (Å²) in [6.45, 7) is 9.33. The second-order valence-corrected chi connectivity index (χ2v) is 8.28. The molecule has 3 aliphatic heterocycles. The van der Waals surface area contributed by atoms with Gasteiger partial charge in [0.25, 0.3) is 0 Å². The Kier molecular flexibility index (Phi) is 6.28. The van der Waals surface area contributed by atoms with E-state index in [2.05, 4.69) is 11.2 Å². The van der Waals surface area contributed by atoms with Gasteiger partial charge in [0, 0.05) is 13.0 Å². The Bertz CT molecular complexity index is 515. The largest absolute Gasteiger partial charge is 0.342 e. The van der Waals surface area contributed by atoms with Gasteiger partial charge in [0.05, 0.1) is 0 Å². The predicted molar refractivity (Wildman–Crippen MR) is 97.3 cm³/mol. The van der Waals surface area contributed by atoms with E-state index in [4.69, 9.17) is 30.1 Å². The minimum Gasteiger partial charge on any atom is -0.342 e. The maximum atomic E-state index is 6.18. The van der Waals surface area contributed by atoms with Gasteiger partial charge in [0.15, 0.2) is 17.9 Å². The van der Waals surface area contributed by atoms with Crippen molar-refractivity contribution in [3.05, 3.63) is 0 Å². The van der Waals surface area contributed by atoms with Gasteiger partial charge in [-0.2, -0.15) is 0 Å². The molecule has 3 heterocycles. The summed E-state index contributed by atoms with van der Waals surface area (Å²) in [6, 6.07) is 0. The van der Waals surface area contributed by atoms with Crippen LogP contribution in [0.1, 0.15) is 59.8 Å². The van der Waals surface area contributed by atoms with E-state index >= 15 is 0 Å². The summed E-state index contributed by atoms with van der Waals surface area (Å²) in [4.78, 5) is 0. The maximum absolute atomic E-state index is 6.18. The van der Waals surface area contributed by atoms with Crippen LogP contribution < -0.4 is 5.32 Å². The zero-order valence-corrected chi connectivity index (χ0v) is 16.5. The molecule has 5 atom stereocenters. The van der Waals surface area contributed by atoms with E-state index < -0.39 is 17.9 Å². The van der Waals surface area contributed by atoms with E-state index in [0.29, 0.717) is 6.54 Å². The zero-order chi connectivity index (χ0) is 18.8. The predicted octanol–water partition coefficient (Wildman–Crippen LogP) is 2.56. The fourth-order valence-corrected chi connectivity index (χ4v) is 3.93. The SMILES string of the molecule is C#CCCCCCCNCC1O[C@@H]2OC(C)(C)O[C@@H]2[C@H]2OC(C)(C)O[C@@H]12. The van der Waals surface area contributed by atoms with Crippen LogP contribution in [0.3, 0.4) is 0 Å². The first-order chi connectivity index (χ1) is 12.3. The van der Waals surface area contributed by atoms with Crippen molar-refractivity contribution in [1.29, 1.82) is 0 Å². The summed E-state index contributed by atoms with van der Waals surface area (Å²) in [5.74, 6) is 1.37. The number of ether oxygens (including phenoxy) is 5. The molecule has 6 nitrogen and oxygen atoms in total. The van der Waals surface area contributed by atoms with Crippen molar-refractivity contribution in [1.82, 2.24) is 5.32 Å². The first kappa shape index (κ1) is 20.1. The molecule has 0 spiro atoms. The molecule has 0 radical (unpaired) electrons. The van der Waals surface area contributed by atoms with Crippen LogP contribution in [0.25, 0.3) is 0 Å². The molecular weight excluding hydrogens is 334 g/mol. The Hall–Kier alpha value is -0.680. The fourth-order valence-electron chi connectivity index (χ4n) is 3.93. The van der Waals surface area contributed by atoms with Crippen molar-refractivity contribution in [2.24, 2.45) is 0 Å². The zero-order valence-electron chi connectivity index (χ0n) is 16.5. The van der Waals surface area contributed by atoms with Crippen LogP contribution in [-0.2, 0) is 23.7 Å². The number of terminal acetylenes is 1. The van der Waals surface area contributed by atoms with Crippen LogP contribution in [0.4, 0.5) is 0 Å². The average Bonchev–Trinajstić information content (AvgIpc) is 3.04. The first-order valence-corrected chi connectivity index (χ1v) is 9.82. The molecule has 0 amide bonds. The Morgan fingerprint density at radius 2 is 1.50 bits per heavy atom. The Morgan fingerprint density at radius 3 is 2.27 bits per heavy atom. The molecule has 3 rings (SSSR count). The number of unbranched alkanes of at least 4 members (excludes halogenated alkanes) is 4. The number of nitrogens with one attached hydrogen (secondary N) is 1. The highest BCUT2D eigenvalue weighted by Crippen LogP contribution is 2.43. The smallest absolute Gasteiger partial charge is 0.190 e. The Morgan fingerprint density at radius 1 is 0.846 bits per heavy atom. The molecule has 6 heteroatoms. The number of rotatable bonds is 8. The quantitative estimate of drug-likeness (QED) is 0.526. The summed E-state index contributed by atoms with van der Waals surface area (Å²) in [6.07, 6.45) is 9.63. The normalized spacial score (nSPS) is 37.1. The van der Waals surface area contributed by atoms with Gasteiger partial charge in [-0.25, -0.2) is 0 Å².